The number of nitriles is 1. The number of rotatable bonds is 5. The van der Waals surface area contributed by atoms with Crippen LogP contribution in [-0.2, 0) is 0 Å². The fraction of sp³-hybridized carbons (Fsp3) is 0.143. The Bertz CT molecular complexity index is 1530. The summed E-state index contributed by atoms with van der Waals surface area (Å²) >= 11 is 6.11. The predicted molar refractivity (Wildman–Crippen MR) is 145 cm³/mol. The highest BCUT2D eigenvalue weighted by molar-refractivity contribution is 7.00. The van der Waals surface area contributed by atoms with E-state index in [-0.39, 0.29) is 15.9 Å². The molecule has 0 radical (unpaired) electrons. The monoisotopic (exact) mass is 509 g/mol. The number of halogens is 1. The van der Waals surface area contributed by atoms with Gasteiger partial charge in [-0.15, -0.1) is 5.10 Å². The van der Waals surface area contributed by atoms with E-state index in [0.717, 1.165) is 21.3 Å². The van der Waals surface area contributed by atoms with Crippen molar-refractivity contribution in [2.24, 2.45) is 0 Å². The van der Waals surface area contributed by atoms with Crippen molar-refractivity contribution in [3.05, 3.63) is 102 Å². The molecule has 0 atom stereocenters. The average molecular weight is 510 g/mol. The summed E-state index contributed by atoms with van der Waals surface area (Å²) in [6.45, 7) is 6.66. The van der Waals surface area contributed by atoms with Gasteiger partial charge in [0.15, 0.2) is 5.82 Å². The molecule has 0 amide bonds. The molecule has 0 aliphatic rings. The van der Waals surface area contributed by atoms with E-state index in [9.17, 15) is 5.26 Å². The fourth-order valence-corrected chi connectivity index (χ4v) is 9.16. The predicted octanol–water partition coefficient (Wildman–Crippen LogP) is 5.28. The van der Waals surface area contributed by atoms with E-state index in [1.807, 2.05) is 60.7 Å². The molecule has 0 bridgehead atoms. The molecule has 5 aromatic rings. The van der Waals surface area contributed by atoms with Crippen LogP contribution in [0.4, 0.5) is 0 Å². The van der Waals surface area contributed by atoms with E-state index in [2.05, 4.69) is 61.1 Å². The van der Waals surface area contributed by atoms with Crippen LogP contribution in [0.15, 0.2) is 91.1 Å². The lowest BCUT2D eigenvalue weighted by molar-refractivity contribution is 0.490. The number of aromatic nitrogens is 4. The second-order valence-electron chi connectivity index (χ2n) is 9.49. The van der Waals surface area contributed by atoms with E-state index < -0.39 is 8.32 Å². The molecular weight excluding hydrogens is 486 g/mol. The molecule has 0 saturated carbocycles. The molecule has 5 rings (SSSR count). The van der Waals surface area contributed by atoms with Gasteiger partial charge in [0.25, 0.3) is 0 Å². The van der Waals surface area contributed by atoms with Crippen molar-refractivity contribution in [1.29, 1.82) is 5.26 Å². The summed E-state index contributed by atoms with van der Waals surface area (Å²) in [5.41, 5.74) is 1.03. The fourth-order valence-electron chi connectivity index (χ4n) is 4.66. The number of para-hydroxylation sites is 1. The van der Waals surface area contributed by atoms with Gasteiger partial charge >= 0.3 is 8.32 Å². The van der Waals surface area contributed by atoms with Gasteiger partial charge in [-0.2, -0.15) is 10.2 Å². The SMILES string of the molecule is CC(C)(C)[Si](Oc1nn(-c2nc(Cl)ncc2C#N)c2ccccc12)(c1ccccc1)c1ccccc1. The van der Waals surface area contributed by atoms with Gasteiger partial charge in [0.1, 0.15) is 11.6 Å². The molecule has 8 heteroatoms. The third kappa shape index (κ3) is 3.94. The summed E-state index contributed by atoms with van der Waals surface area (Å²) in [6.07, 6.45) is 1.41. The summed E-state index contributed by atoms with van der Waals surface area (Å²) in [6, 6.07) is 30.7. The Morgan fingerprint density at radius 1 is 0.889 bits per heavy atom. The van der Waals surface area contributed by atoms with Gasteiger partial charge in [0, 0.05) is 0 Å². The number of hydrogen-bond acceptors (Lipinski definition) is 5. The maximum atomic E-state index is 9.70. The van der Waals surface area contributed by atoms with Crippen molar-refractivity contribution in [3.8, 4) is 17.8 Å². The lowest BCUT2D eigenvalue weighted by atomic mass is 10.2. The maximum absolute atomic E-state index is 9.70. The topological polar surface area (TPSA) is 76.6 Å². The highest BCUT2D eigenvalue weighted by Gasteiger charge is 2.52. The number of hydrogen-bond donors (Lipinski definition) is 0. The average Bonchev–Trinajstić information content (AvgIpc) is 3.25. The van der Waals surface area contributed by atoms with E-state index in [0.29, 0.717) is 11.7 Å². The summed E-state index contributed by atoms with van der Waals surface area (Å²) < 4.78 is 8.83. The molecule has 0 unspecified atom stereocenters. The summed E-state index contributed by atoms with van der Waals surface area (Å²) in [5.74, 6) is 0.796. The van der Waals surface area contributed by atoms with Crippen molar-refractivity contribution in [2.75, 3.05) is 0 Å². The number of fused-ring (bicyclic) bond motifs is 1. The zero-order valence-corrected chi connectivity index (χ0v) is 21.9. The standard InChI is InChI=1S/C28H24ClN5OSi/c1-28(2,3)36(21-12-6-4-7-13-21,22-14-8-5-9-15-22)35-26-23-16-10-11-17-24(23)34(33-26)25-20(18-30)19-31-27(29)32-25/h4-17,19H,1-3H3. The van der Waals surface area contributed by atoms with Crippen molar-refractivity contribution in [2.45, 2.75) is 25.8 Å². The molecule has 0 saturated heterocycles. The van der Waals surface area contributed by atoms with Crippen molar-refractivity contribution in [1.82, 2.24) is 19.7 Å². The van der Waals surface area contributed by atoms with Crippen molar-refractivity contribution < 1.29 is 4.43 Å². The van der Waals surface area contributed by atoms with E-state index >= 15 is 0 Å². The van der Waals surface area contributed by atoms with Gasteiger partial charge in [-0.25, -0.2) is 9.67 Å². The molecule has 178 valence electrons. The van der Waals surface area contributed by atoms with Gasteiger partial charge in [-0.1, -0.05) is 93.6 Å². The minimum Gasteiger partial charge on any atom is -0.520 e. The van der Waals surface area contributed by atoms with Gasteiger partial charge in [-0.05, 0) is 39.1 Å². The number of benzene rings is 3. The van der Waals surface area contributed by atoms with Crippen LogP contribution in [0.5, 0.6) is 5.88 Å². The normalized spacial score (nSPS) is 11.9. The Hall–Kier alpha value is -3.99. The summed E-state index contributed by atoms with van der Waals surface area (Å²) in [7, 11) is -2.93. The van der Waals surface area contributed by atoms with Gasteiger partial charge < -0.3 is 4.43 Å². The van der Waals surface area contributed by atoms with Crippen LogP contribution >= 0.6 is 11.6 Å². The van der Waals surface area contributed by atoms with Gasteiger partial charge in [-0.3, -0.25) is 0 Å². The Kier molecular flexibility index (Phi) is 6.08. The Labute approximate surface area is 215 Å². The molecule has 0 N–H and O–H groups in total. The zero-order chi connectivity index (χ0) is 25.3. The molecule has 3 aromatic carbocycles. The lowest BCUT2D eigenvalue weighted by Gasteiger charge is -2.42. The largest absolute Gasteiger partial charge is 0.520 e. The third-order valence-electron chi connectivity index (χ3n) is 6.28. The van der Waals surface area contributed by atoms with Crippen LogP contribution in [0.1, 0.15) is 26.3 Å². The van der Waals surface area contributed by atoms with Gasteiger partial charge in [0.05, 0.1) is 17.1 Å². The van der Waals surface area contributed by atoms with Crippen LogP contribution in [0.25, 0.3) is 16.7 Å². The van der Waals surface area contributed by atoms with E-state index in [1.165, 1.54) is 6.20 Å². The van der Waals surface area contributed by atoms with Crippen LogP contribution < -0.4 is 14.8 Å². The zero-order valence-electron chi connectivity index (χ0n) is 20.2. The van der Waals surface area contributed by atoms with Crippen LogP contribution in [-0.4, -0.2) is 28.1 Å². The second kappa shape index (κ2) is 9.23. The first kappa shape index (κ1) is 23.7. The molecule has 0 aliphatic carbocycles. The molecule has 2 aromatic heterocycles. The Balaban J connectivity index is 1.80. The first-order chi connectivity index (χ1) is 17.3. The molecule has 36 heavy (non-hydrogen) atoms. The van der Waals surface area contributed by atoms with E-state index in [4.69, 9.17) is 21.1 Å². The molecule has 0 aliphatic heterocycles. The smallest absolute Gasteiger partial charge is 0.322 e. The summed E-state index contributed by atoms with van der Waals surface area (Å²) in [5, 5.41) is 17.5. The Morgan fingerprint density at radius 3 is 2.06 bits per heavy atom. The highest BCUT2D eigenvalue weighted by Crippen LogP contribution is 2.39. The molecule has 2 heterocycles. The van der Waals surface area contributed by atoms with Crippen molar-refractivity contribution in [3.63, 3.8) is 0 Å². The molecule has 0 spiro atoms. The summed E-state index contributed by atoms with van der Waals surface area (Å²) in [4.78, 5) is 8.29. The van der Waals surface area contributed by atoms with Crippen molar-refractivity contribution >= 4 is 41.2 Å². The van der Waals surface area contributed by atoms with Crippen LogP contribution in [0.3, 0.4) is 0 Å². The quantitative estimate of drug-likeness (QED) is 0.238. The maximum Gasteiger partial charge on any atom is 0.322 e. The first-order valence-corrected chi connectivity index (χ1v) is 13.8. The third-order valence-corrected chi connectivity index (χ3v) is 11.4. The molecular formula is C28H24ClN5OSi. The van der Waals surface area contributed by atoms with E-state index in [1.54, 1.807) is 4.68 Å². The van der Waals surface area contributed by atoms with Crippen LogP contribution in [0, 0.1) is 11.3 Å². The molecule has 0 fully saturated rings. The Morgan fingerprint density at radius 2 is 1.47 bits per heavy atom. The van der Waals surface area contributed by atoms with Crippen LogP contribution in [0.2, 0.25) is 10.3 Å². The highest BCUT2D eigenvalue weighted by atomic mass is 35.5. The minimum absolute atomic E-state index is 0.0398. The molecule has 6 nitrogen and oxygen atoms in total. The van der Waals surface area contributed by atoms with Gasteiger partial charge in [0.2, 0.25) is 11.2 Å². The lowest BCUT2D eigenvalue weighted by Crippen LogP contribution is -2.68. The first-order valence-electron chi connectivity index (χ1n) is 11.6. The minimum atomic E-state index is -2.93. The second-order valence-corrected chi connectivity index (χ2v) is 14.0. The number of nitrogens with zero attached hydrogens (tertiary/aromatic N) is 5.